The van der Waals surface area contributed by atoms with Crippen molar-refractivity contribution >= 4 is 35.0 Å². The van der Waals surface area contributed by atoms with Gasteiger partial charge in [-0.2, -0.15) is 0 Å². The lowest BCUT2D eigenvalue weighted by molar-refractivity contribution is -0.122. The highest BCUT2D eigenvalue weighted by Gasteiger charge is 2.10. The molecule has 0 aliphatic carbocycles. The molecule has 5 nitrogen and oxygen atoms in total. The fraction of sp³-hybridized carbons (Fsp3) is 0.158. The van der Waals surface area contributed by atoms with E-state index in [1.807, 2.05) is 0 Å². The van der Waals surface area contributed by atoms with E-state index >= 15 is 0 Å². The first-order valence-corrected chi connectivity index (χ1v) is 8.80. The van der Waals surface area contributed by atoms with E-state index in [-0.39, 0.29) is 40.9 Å². The van der Waals surface area contributed by atoms with E-state index in [0.717, 1.165) is 12.1 Å². The molecule has 0 bridgehead atoms. The number of rotatable bonds is 8. The fourth-order valence-corrected chi connectivity index (χ4v) is 2.31. The topological polar surface area (TPSA) is 67.4 Å². The molecule has 148 valence electrons. The SMILES string of the molecule is C=C(CCNC(=O)c1ccc(Cl)c(F)c1)NC(=O)COc1ccc(Cl)c(F)c1. The number of halogens is 4. The number of carbonyl (C=O) groups excluding carboxylic acids is 2. The van der Waals surface area contributed by atoms with Crippen molar-refractivity contribution in [3.05, 3.63) is 75.9 Å². The van der Waals surface area contributed by atoms with Crippen LogP contribution in [-0.2, 0) is 4.79 Å². The maximum Gasteiger partial charge on any atom is 0.262 e. The van der Waals surface area contributed by atoms with E-state index in [9.17, 15) is 18.4 Å². The van der Waals surface area contributed by atoms with Gasteiger partial charge in [0, 0.05) is 30.3 Å². The van der Waals surface area contributed by atoms with Crippen LogP contribution in [0, 0.1) is 11.6 Å². The molecule has 0 aliphatic heterocycles. The van der Waals surface area contributed by atoms with Crippen LogP contribution in [0.5, 0.6) is 5.75 Å². The summed E-state index contributed by atoms with van der Waals surface area (Å²) in [5, 5.41) is 4.95. The molecule has 28 heavy (non-hydrogen) atoms. The zero-order valence-electron chi connectivity index (χ0n) is 14.5. The molecule has 2 aromatic rings. The Morgan fingerprint density at radius 2 is 1.68 bits per heavy atom. The zero-order chi connectivity index (χ0) is 20.7. The minimum absolute atomic E-state index is 0.0476. The van der Waals surface area contributed by atoms with Crippen LogP contribution in [0.4, 0.5) is 8.78 Å². The van der Waals surface area contributed by atoms with E-state index in [0.29, 0.717) is 5.70 Å². The molecule has 2 N–H and O–H groups in total. The predicted molar refractivity (Wildman–Crippen MR) is 103 cm³/mol. The highest BCUT2D eigenvalue weighted by atomic mass is 35.5. The summed E-state index contributed by atoms with van der Waals surface area (Å²) in [5.41, 5.74) is 0.471. The van der Waals surface area contributed by atoms with Crippen LogP contribution in [0.1, 0.15) is 16.8 Å². The maximum atomic E-state index is 13.4. The summed E-state index contributed by atoms with van der Waals surface area (Å²) in [6.45, 7) is 3.50. The van der Waals surface area contributed by atoms with Crippen molar-refractivity contribution in [1.29, 1.82) is 0 Å². The van der Waals surface area contributed by atoms with Crippen molar-refractivity contribution in [2.45, 2.75) is 6.42 Å². The first-order chi connectivity index (χ1) is 13.3. The molecule has 0 unspecified atom stereocenters. The van der Waals surface area contributed by atoms with Crippen molar-refractivity contribution in [3.8, 4) is 5.75 Å². The third-order valence-corrected chi connectivity index (χ3v) is 4.08. The molecule has 9 heteroatoms. The van der Waals surface area contributed by atoms with Crippen LogP contribution in [0.2, 0.25) is 10.0 Å². The quantitative estimate of drug-likeness (QED) is 0.664. The average molecular weight is 429 g/mol. The largest absolute Gasteiger partial charge is 0.484 e. The maximum absolute atomic E-state index is 13.4. The molecule has 0 saturated carbocycles. The summed E-state index contributed by atoms with van der Waals surface area (Å²) in [7, 11) is 0. The molecule has 2 aromatic carbocycles. The first-order valence-electron chi connectivity index (χ1n) is 8.05. The Morgan fingerprint density at radius 1 is 1.04 bits per heavy atom. The Kier molecular flexibility index (Phi) is 7.78. The van der Waals surface area contributed by atoms with Crippen LogP contribution < -0.4 is 15.4 Å². The van der Waals surface area contributed by atoms with Gasteiger partial charge in [-0.25, -0.2) is 8.78 Å². The molecular weight excluding hydrogens is 413 g/mol. The Balaban J connectivity index is 1.71. The normalized spacial score (nSPS) is 10.3. The number of ether oxygens (including phenoxy) is 1. The highest BCUT2D eigenvalue weighted by Crippen LogP contribution is 2.20. The van der Waals surface area contributed by atoms with Gasteiger partial charge in [-0.15, -0.1) is 0 Å². The zero-order valence-corrected chi connectivity index (χ0v) is 16.0. The smallest absolute Gasteiger partial charge is 0.262 e. The Bertz CT molecular complexity index is 907. The van der Waals surface area contributed by atoms with Crippen LogP contribution >= 0.6 is 23.2 Å². The molecule has 0 saturated heterocycles. The van der Waals surface area contributed by atoms with E-state index in [1.165, 1.54) is 24.3 Å². The van der Waals surface area contributed by atoms with Crippen molar-refractivity contribution in [2.75, 3.05) is 13.2 Å². The number of nitrogens with one attached hydrogen (secondary N) is 2. The summed E-state index contributed by atoms with van der Waals surface area (Å²) < 4.78 is 31.8. The molecule has 0 heterocycles. The molecule has 0 atom stereocenters. The molecular formula is C19H16Cl2F2N2O3. The van der Waals surface area contributed by atoms with Gasteiger partial charge in [0.25, 0.3) is 11.8 Å². The van der Waals surface area contributed by atoms with E-state index in [2.05, 4.69) is 17.2 Å². The van der Waals surface area contributed by atoms with Crippen LogP contribution in [-0.4, -0.2) is 25.0 Å². The summed E-state index contributed by atoms with van der Waals surface area (Å²) in [5.74, 6) is -2.16. The lowest BCUT2D eigenvalue weighted by Gasteiger charge is -2.11. The van der Waals surface area contributed by atoms with E-state index in [4.69, 9.17) is 27.9 Å². The van der Waals surface area contributed by atoms with Gasteiger partial charge in [0.15, 0.2) is 6.61 Å². The number of benzene rings is 2. The van der Waals surface area contributed by atoms with Crippen LogP contribution in [0.3, 0.4) is 0 Å². The van der Waals surface area contributed by atoms with E-state index in [1.54, 1.807) is 0 Å². The molecule has 0 radical (unpaired) electrons. The number of amides is 2. The second-order valence-electron chi connectivity index (χ2n) is 5.65. The lowest BCUT2D eigenvalue weighted by atomic mass is 10.2. The molecule has 2 rings (SSSR count). The third-order valence-electron chi connectivity index (χ3n) is 3.47. The summed E-state index contributed by atoms with van der Waals surface area (Å²) in [4.78, 5) is 23.7. The van der Waals surface area contributed by atoms with Gasteiger partial charge >= 0.3 is 0 Å². The average Bonchev–Trinajstić information content (AvgIpc) is 2.64. The van der Waals surface area contributed by atoms with Crippen molar-refractivity contribution < 1.29 is 23.1 Å². The monoisotopic (exact) mass is 428 g/mol. The second kappa shape index (κ2) is 10.1. The van der Waals surface area contributed by atoms with Gasteiger partial charge in [0.05, 0.1) is 10.0 Å². The molecule has 0 fully saturated rings. The van der Waals surface area contributed by atoms with Crippen molar-refractivity contribution in [3.63, 3.8) is 0 Å². The Labute approximate surface area is 170 Å². The van der Waals surface area contributed by atoms with Crippen LogP contribution in [0.25, 0.3) is 0 Å². The van der Waals surface area contributed by atoms with Crippen molar-refractivity contribution in [1.82, 2.24) is 10.6 Å². The lowest BCUT2D eigenvalue weighted by Crippen LogP contribution is -2.31. The molecule has 0 aliphatic rings. The Hall–Kier alpha value is -2.64. The standard InChI is InChI=1S/C19H16Cl2F2N2O3/c1-11(6-7-24-19(27)12-2-4-14(20)16(22)8-12)25-18(26)10-28-13-3-5-15(21)17(23)9-13/h2-5,8-9H,1,6-7,10H2,(H,24,27)(H,25,26). The van der Waals surface area contributed by atoms with Gasteiger partial charge in [-0.05, 0) is 30.3 Å². The minimum atomic E-state index is -0.688. The third kappa shape index (κ3) is 6.51. The summed E-state index contributed by atoms with van der Waals surface area (Å²) in [6.07, 6.45) is 0.253. The van der Waals surface area contributed by atoms with Gasteiger partial charge in [0.1, 0.15) is 17.4 Å². The van der Waals surface area contributed by atoms with Gasteiger partial charge in [0.2, 0.25) is 0 Å². The van der Waals surface area contributed by atoms with Gasteiger partial charge in [-0.1, -0.05) is 29.8 Å². The minimum Gasteiger partial charge on any atom is -0.484 e. The fourth-order valence-electron chi connectivity index (χ4n) is 2.08. The van der Waals surface area contributed by atoms with Crippen LogP contribution in [0.15, 0.2) is 48.7 Å². The Morgan fingerprint density at radius 3 is 2.32 bits per heavy atom. The summed E-state index contributed by atoms with van der Waals surface area (Å²) in [6, 6.07) is 7.54. The molecule has 2 amide bonds. The highest BCUT2D eigenvalue weighted by molar-refractivity contribution is 6.31. The molecule has 0 aromatic heterocycles. The molecule has 0 spiro atoms. The van der Waals surface area contributed by atoms with E-state index < -0.39 is 23.4 Å². The number of carbonyl (C=O) groups is 2. The summed E-state index contributed by atoms with van der Waals surface area (Å²) >= 11 is 11.1. The second-order valence-corrected chi connectivity index (χ2v) is 6.47. The van der Waals surface area contributed by atoms with Crippen molar-refractivity contribution in [2.24, 2.45) is 0 Å². The van der Waals surface area contributed by atoms with Gasteiger partial charge in [-0.3, -0.25) is 9.59 Å². The first kappa shape index (κ1) is 21.7. The number of hydrogen-bond donors (Lipinski definition) is 2. The predicted octanol–water partition coefficient (Wildman–Crippen LogP) is 4.10. The number of hydrogen-bond acceptors (Lipinski definition) is 3. The van der Waals surface area contributed by atoms with Gasteiger partial charge < -0.3 is 15.4 Å².